The molecule has 0 aromatic heterocycles. The Hall–Kier alpha value is -0.340. The molecule has 0 unspecified atom stereocenters. The highest BCUT2D eigenvalue weighted by atomic mass is 16.7. The number of hydrogen-bond acceptors (Lipinski definition) is 2. The summed E-state index contributed by atoms with van der Waals surface area (Å²) in [5.41, 5.74) is 0. The molecule has 0 radical (unpaired) electrons. The van der Waals surface area contributed by atoms with E-state index in [1.165, 1.54) is 0 Å². The van der Waals surface area contributed by atoms with E-state index < -0.39 is 0 Å². The quantitative estimate of drug-likeness (QED) is 0.472. The molecule has 1 heterocycles. The van der Waals surface area contributed by atoms with E-state index in [0.29, 0.717) is 0 Å². The standard InChI is InChI=1S/C6H10O2/c1-2-3-6-7-4-5-8-6/h2-3,6H,4-5H2,1H3/b3-2-. The molecule has 0 aromatic carbocycles. The highest BCUT2D eigenvalue weighted by Gasteiger charge is 2.10. The molecule has 1 aliphatic heterocycles. The van der Waals surface area contributed by atoms with Gasteiger partial charge in [-0.15, -0.1) is 0 Å². The smallest absolute Gasteiger partial charge is 0.177 e. The van der Waals surface area contributed by atoms with Gasteiger partial charge in [-0.1, -0.05) is 6.08 Å². The molecule has 0 atom stereocenters. The summed E-state index contributed by atoms with van der Waals surface area (Å²) in [5, 5.41) is 0. The van der Waals surface area contributed by atoms with Gasteiger partial charge in [-0.25, -0.2) is 0 Å². The molecule has 0 bridgehead atoms. The van der Waals surface area contributed by atoms with Gasteiger partial charge in [0.1, 0.15) is 0 Å². The summed E-state index contributed by atoms with van der Waals surface area (Å²) in [4.78, 5) is 0. The van der Waals surface area contributed by atoms with Crippen LogP contribution in [0.1, 0.15) is 6.92 Å². The highest BCUT2D eigenvalue weighted by Crippen LogP contribution is 2.03. The van der Waals surface area contributed by atoms with Crippen molar-refractivity contribution in [1.82, 2.24) is 0 Å². The minimum atomic E-state index is -0.0694. The number of ether oxygens (including phenoxy) is 2. The maximum Gasteiger partial charge on any atom is 0.177 e. The van der Waals surface area contributed by atoms with Crippen LogP contribution in [0.25, 0.3) is 0 Å². The average molecular weight is 114 g/mol. The molecule has 1 fully saturated rings. The lowest BCUT2D eigenvalue weighted by Crippen LogP contribution is -2.01. The Kier molecular flexibility index (Phi) is 2.06. The lowest BCUT2D eigenvalue weighted by atomic mass is 10.5. The molecule has 0 aromatic rings. The minimum Gasteiger partial charge on any atom is -0.347 e. The van der Waals surface area contributed by atoms with Crippen molar-refractivity contribution in [3.05, 3.63) is 12.2 Å². The van der Waals surface area contributed by atoms with Crippen molar-refractivity contribution in [3.8, 4) is 0 Å². The van der Waals surface area contributed by atoms with E-state index in [9.17, 15) is 0 Å². The van der Waals surface area contributed by atoms with Gasteiger partial charge in [0.05, 0.1) is 13.2 Å². The third-order valence-electron chi connectivity index (χ3n) is 0.997. The summed E-state index contributed by atoms with van der Waals surface area (Å²) in [6.07, 6.45) is 3.75. The molecular formula is C6H10O2. The Morgan fingerprint density at radius 3 is 2.50 bits per heavy atom. The summed E-state index contributed by atoms with van der Waals surface area (Å²) >= 11 is 0. The zero-order valence-electron chi connectivity index (χ0n) is 4.96. The van der Waals surface area contributed by atoms with Crippen molar-refractivity contribution in [2.75, 3.05) is 13.2 Å². The van der Waals surface area contributed by atoms with E-state index in [0.717, 1.165) is 13.2 Å². The summed E-state index contributed by atoms with van der Waals surface area (Å²) in [6.45, 7) is 3.41. The maximum absolute atomic E-state index is 5.08. The van der Waals surface area contributed by atoms with Crippen molar-refractivity contribution in [2.24, 2.45) is 0 Å². The van der Waals surface area contributed by atoms with Gasteiger partial charge in [0.2, 0.25) is 0 Å². The Balaban J connectivity index is 2.24. The fourth-order valence-corrected chi connectivity index (χ4v) is 0.645. The summed E-state index contributed by atoms with van der Waals surface area (Å²) in [5.74, 6) is 0. The van der Waals surface area contributed by atoms with Crippen LogP contribution in [0.15, 0.2) is 12.2 Å². The third kappa shape index (κ3) is 1.32. The van der Waals surface area contributed by atoms with E-state index in [-0.39, 0.29) is 6.29 Å². The number of hydrogen-bond donors (Lipinski definition) is 0. The molecule has 46 valence electrons. The maximum atomic E-state index is 5.08. The largest absolute Gasteiger partial charge is 0.347 e. The van der Waals surface area contributed by atoms with Gasteiger partial charge >= 0.3 is 0 Å². The zero-order chi connectivity index (χ0) is 5.82. The van der Waals surface area contributed by atoms with Crippen LogP contribution in [-0.2, 0) is 9.47 Å². The van der Waals surface area contributed by atoms with Crippen LogP contribution in [0.4, 0.5) is 0 Å². The van der Waals surface area contributed by atoms with Crippen LogP contribution in [0.2, 0.25) is 0 Å². The van der Waals surface area contributed by atoms with E-state index in [1.807, 2.05) is 19.1 Å². The average Bonchev–Trinajstić information content (AvgIpc) is 2.19. The van der Waals surface area contributed by atoms with Crippen LogP contribution in [0.5, 0.6) is 0 Å². The zero-order valence-corrected chi connectivity index (χ0v) is 4.96. The summed E-state index contributed by atoms with van der Waals surface area (Å²) in [7, 11) is 0. The second-order valence-electron chi connectivity index (χ2n) is 1.64. The molecule has 1 aliphatic rings. The van der Waals surface area contributed by atoms with Gasteiger partial charge in [-0.2, -0.15) is 0 Å². The van der Waals surface area contributed by atoms with Crippen molar-refractivity contribution in [1.29, 1.82) is 0 Å². The molecule has 2 heteroatoms. The van der Waals surface area contributed by atoms with Gasteiger partial charge in [0.15, 0.2) is 6.29 Å². The Labute approximate surface area is 49.1 Å². The van der Waals surface area contributed by atoms with Crippen LogP contribution in [-0.4, -0.2) is 19.5 Å². The topological polar surface area (TPSA) is 18.5 Å². The molecule has 0 amide bonds. The molecule has 2 nitrogen and oxygen atoms in total. The molecule has 8 heavy (non-hydrogen) atoms. The Morgan fingerprint density at radius 2 is 2.00 bits per heavy atom. The van der Waals surface area contributed by atoms with Gasteiger partial charge in [-0.05, 0) is 13.0 Å². The minimum absolute atomic E-state index is 0.0694. The molecule has 0 aliphatic carbocycles. The van der Waals surface area contributed by atoms with Gasteiger partial charge in [0, 0.05) is 0 Å². The van der Waals surface area contributed by atoms with Crippen LogP contribution in [0.3, 0.4) is 0 Å². The fraction of sp³-hybridized carbons (Fsp3) is 0.667. The summed E-state index contributed by atoms with van der Waals surface area (Å²) in [6, 6.07) is 0. The van der Waals surface area contributed by atoms with Crippen LogP contribution in [0, 0.1) is 0 Å². The van der Waals surface area contributed by atoms with Crippen molar-refractivity contribution in [2.45, 2.75) is 13.2 Å². The third-order valence-corrected chi connectivity index (χ3v) is 0.997. The lowest BCUT2D eigenvalue weighted by Gasteiger charge is -1.98. The second-order valence-corrected chi connectivity index (χ2v) is 1.64. The van der Waals surface area contributed by atoms with E-state index in [4.69, 9.17) is 9.47 Å². The monoisotopic (exact) mass is 114 g/mol. The van der Waals surface area contributed by atoms with Gasteiger partial charge < -0.3 is 9.47 Å². The number of rotatable bonds is 1. The SMILES string of the molecule is C/C=C\C1OCCO1. The molecule has 1 saturated heterocycles. The second kappa shape index (κ2) is 2.84. The van der Waals surface area contributed by atoms with Gasteiger partial charge in [0.25, 0.3) is 0 Å². The fourth-order valence-electron chi connectivity index (χ4n) is 0.645. The first kappa shape index (κ1) is 5.79. The van der Waals surface area contributed by atoms with Crippen LogP contribution < -0.4 is 0 Å². The summed E-state index contributed by atoms with van der Waals surface area (Å²) < 4.78 is 10.2. The van der Waals surface area contributed by atoms with Crippen molar-refractivity contribution in [3.63, 3.8) is 0 Å². The van der Waals surface area contributed by atoms with Crippen molar-refractivity contribution < 1.29 is 9.47 Å². The normalized spacial score (nSPS) is 23.1. The molecule has 1 rings (SSSR count). The lowest BCUT2D eigenvalue weighted by molar-refractivity contribution is -0.00162. The van der Waals surface area contributed by atoms with Crippen LogP contribution >= 0.6 is 0 Å². The molecular weight excluding hydrogens is 104 g/mol. The van der Waals surface area contributed by atoms with E-state index >= 15 is 0 Å². The highest BCUT2D eigenvalue weighted by molar-refractivity contribution is 4.82. The van der Waals surface area contributed by atoms with E-state index in [1.54, 1.807) is 0 Å². The van der Waals surface area contributed by atoms with Gasteiger partial charge in [-0.3, -0.25) is 0 Å². The first-order valence-corrected chi connectivity index (χ1v) is 2.79. The molecule has 0 saturated carbocycles. The van der Waals surface area contributed by atoms with Crippen molar-refractivity contribution >= 4 is 0 Å². The molecule has 0 spiro atoms. The first-order chi connectivity index (χ1) is 3.93. The Morgan fingerprint density at radius 1 is 1.38 bits per heavy atom. The first-order valence-electron chi connectivity index (χ1n) is 2.79. The predicted molar refractivity (Wildman–Crippen MR) is 30.5 cm³/mol. The Bertz CT molecular complexity index is 82.5. The number of allylic oxidation sites excluding steroid dienone is 1. The molecule has 0 N–H and O–H groups in total. The van der Waals surface area contributed by atoms with E-state index in [2.05, 4.69) is 0 Å². The predicted octanol–water partition coefficient (Wildman–Crippen LogP) is 0.935.